The number of anilines is 1. The van der Waals surface area contributed by atoms with E-state index in [1.165, 1.54) is 11.1 Å². The van der Waals surface area contributed by atoms with Crippen LogP contribution in [0.25, 0.3) is 10.8 Å². The number of fused-ring (bicyclic) bond motifs is 1. The maximum Gasteiger partial charge on any atom is 0.255 e. The van der Waals surface area contributed by atoms with Gasteiger partial charge in [-0.15, -0.1) is 0 Å². The molecule has 0 fully saturated rings. The molecule has 0 spiro atoms. The van der Waals surface area contributed by atoms with Gasteiger partial charge in [0.25, 0.3) is 5.91 Å². The summed E-state index contributed by atoms with van der Waals surface area (Å²) in [5, 5.41) is 15.2. The monoisotopic (exact) mass is 582 g/mol. The Balaban J connectivity index is 1.39. The number of nitrogens with two attached hydrogens (primary N) is 1. The second-order valence-corrected chi connectivity index (χ2v) is 12.5. The highest BCUT2D eigenvalue weighted by Gasteiger charge is 2.26. The van der Waals surface area contributed by atoms with Gasteiger partial charge in [0, 0.05) is 28.6 Å². The van der Waals surface area contributed by atoms with Crippen molar-refractivity contribution in [1.82, 2.24) is 5.32 Å². The van der Waals surface area contributed by atoms with Crippen molar-refractivity contribution in [2.75, 3.05) is 18.9 Å². The number of carbonyl (C=O) groups is 1. The fraction of sp³-hybridized carbons (Fsp3) is 0.378. The molecule has 0 heterocycles. The highest BCUT2D eigenvalue weighted by atomic mass is 16.5. The Kier molecular flexibility index (Phi) is 9.90. The van der Waals surface area contributed by atoms with E-state index in [0.29, 0.717) is 41.1 Å². The van der Waals surface area contributed by atoms with Crippen molar-refractivity contribution in [3.05, 3.63) is 89.5 Å². The molecule has 4 aromatic rings. The summed E-state index contributed by atoms with van der Waals surface area (Å²) in [4.78, 5) is 13.2. The van der Waals surface area contributed by atoms with Crippen LogP contribution < -0.4 is 20.5 Å². The van der Waals surface area contributed by atoms with Crippen molar-refractivity contribution >= 4 is 22.4 Å². The molecule has 0 unspecified atom stereocenters. The van der Waals surface area contributed by atoms with Crippen LogP contribution in [-0.2, 0) is 10.8 Å². The maximum atomic E-state index is 13.2. The van der Waals surface area contributed by atoms with Crippen LogP contribution in [0.15, 0.2) is 72.8 Å². The molecule has 4 rings (SSSR count). The van der Waals surface area contributed by atoms with Gasteiger partial charge in [-0.2, -0.15) is 0 Å². The number of ether oxygens (including phenoxy) is 2. The molecule has 4 N–H and O–H groups in total. The zero-order valence-electron chi connectivity index (χ0n) is 26.4. The second kappa shape index (κ2) is 13.4. The van der Waals surface area contributed by atoms with Crippen molar-refractivity contribution in [2.45, 2.75) is 78.1 Å². The molecule has 0 saturated carbocycles. The average molecular weight is 583 g/mol. The number of rotatable bonds is 13. The van der Waals surface area contributed by atoms with Crippen LogP contribution in [-0.4, -0.2) is 24.2 Å². The van der Waals surface area contributed by atoms with Crippen LogP contribution in [0.5, 0.6) is 23.0 Å². The van der Waals surface area contributed by atoms with Crippen LogP contribution in [0, 0.1) is 0 Å². The van der Waals surface area contributed by atoms with Crippen molar-refractivity contribution in [3.8, 4) is 23.0 Å². The third kappa shape index (κ3) is 7.42. The number of carbonyl (C=O) groups excluding carboxylic acids is 1. The molecular weight excluding hydrogens is 536 g/mol. The number of nitrogens with one attached hydrogen (secondary N) is 1. The van der Waals surface area contributed by atoms with E-state index in [2.05, 4.69) is 65.1 Å². The van der Waals surface area contributed by atoms with Crippen LogP contribution in [0.1, 0.15) is 88.7 Å². The summed E-state index contributed by atoms with van der Waals surface area (Å²) in [6.45, 7) is 14.5. The Morgan fingerprint density at radius 1 is 0.837 bits per heavy atom. The number of unbranched alkanes of at least 4 members (excludes halogenated alkanes) is 1. The first-order valence-electron chi connectivity index (χ1n) is 15.3. The van der Waals surface area contributed by atoms with Gasteiger partial charge in [0.2, 0.25) is 0 Å². The largest absolute Gasteiger partial charge is 0.506 e. The van der Waals surface area contributed by atoms with Gasteiger partial charge in [0.05, 0.1) is 12.2 Å². The number of hydrogen-bond acceptors (Lipinski definition) is 5. The zero-order chi connectivity index (χ0) is 31.2. The lowest BCUT2D eigenvalue weighted by Crippen LogP contribution is -2.25. The van der Waals surface area contributed by atoms with E-state index in [0.717, 1.165) is 31.4 Å². The van der Waals surface area contributed by atoms with Crippen LogP contribution >= 0.6 is 0 Å². The fourth-order valence-electron chi connectivity index (χ4n) is 4.95. The Morgan fingerprint density at radius 2 is 1.51 bits per heavy atom. The number of hydrogen-bond donors (Lipinski definition) is 3. The number of phenolic OH excluding ortho intramolecular Hbond substituents is 1. The molecule has 6 nitrogen and oxygen atoms in total. The highest BCUT2D eigenvalue weighted by molar-refractivity contribution is 6.05. The van der Waals surface area contributed by atoms with Crippen LogP contribution in [0.4, 0.5) is 5.69 Å². The molecule has 228 valence electrons. The molecule has 0 saturated heterocycles. The predicted octanol–water partition coefficient (Wildman–Crippen LogP) is 8.88. The maximum absolute atomic E-state index is 13.2. The number of amides is 1. The Bertz CT molecular complexity index is 1560. The molecular formula is C37H46N2O4. The predicted molar refractivity (Wildman–Crippen MR) is 177 cm³/mol. The van der Waals surface area contributed by atoms with E-state index in [1.807, 2.05) is 18.2 Å². The molecule has 6 heteroatoms. The molecule has 0 aromatic heterocycles. The second-order valence-electron chi connectivity index (χ2n) is 12.5. The summed E-state index contributed by atoms with van der Waals surface area (Å²) in [7, 11) is 0. The van der Waals surface area contributed by atoms with Gasteiger partial charge in [-0.25, -0.2) is 0 Å². The SMILES string of the molecule is CCC(C)(C)c1ccc(OCCCCNC(=O)c2cc(Oc3ccc(N)cc3)c3ccccc3c2O)c(C(C)(C)CC)c1. The van der Waals surface area contributed by atoms with E-state index in [1.54, 1.807) is 36.4 Å². The van der Waals surface area contributed by atoms with Gasteiger partial charge in [0.1, 0.15) is 23.0 Å². The van der Waals surface area contributed by atoms with E-state index >= 15 is 0 Å². The number of phenols is 1. The molecule has 43 heavy (non-hydrogen) atoms. The zero-order valence-corrected chi connectivity index (χ0v) is 26.4. The lowest BCUT2D eigenvalue weighted by atomic mass is 9.76. The van der Waals surface area contributed by atoms with E-state index in [4.69, 9.17) is 15.2 Å². The normalized spacial score (nSPS) is 11.9. The molecule has 0 aliphatic heterocycles. The number of nitrogen functional groups attached to an aromatic ring is 1. The third-order valence-electron chi connectivity index (χ3n) is 8.70. The minimum absolute atomic E-state index is 0.00142. The third-order valence-corrected chi connectivity index (χ3v) is 8.70. The lowest BCUT2D eigenvalue weighted by molar-refractivity contribution is 0.0949. The standard InChI is InChI=1S/C37H46N2O4/c1-7-36(3,4)25-15-20-32(31(23-25)37(5,6)8-2)42-22-12-11-21-39-35(41)30-24-33(43-27-18-16-26(38)17-19-27)28-13-9-10-14-29(28)34(30)40/h9-10,13-20,23-24,40H,7-8,11-12,21-22,38H2,1-6H3,(H,39,41). The quantitative estimate of drug-likeness (QED) is 0.108. The average Bonchev–Trinajstić information content (AvgIpc) is 3.01. The molecule has 1 amide bonds. The number of aromatic hydroxyl groups is 1. The van der Waals surface area contributed by atoms with Gasteiger partial charge < -0.3 is 25.6 Å². The van der Waals surface area contributed by atoms with E-state index in [-0.39, 0.29) is 28.1 Å². The summed E-state index contributed by atoms with van der Waals surface area (Å²) in [5.41, 5.74) is 9.29. The first-order valence-corrected chi connectivity index (χ1v) is 15.3. The summed E-state index contributed by atoms with van der Waals surface area (Å²) < 4.78 is 12.4. The molecule has 0 atom stereocenters. The molecule has 0 radical (unpaired) electrons. The summed E-state index contributed by atoms with van der Waals surface area (Å²) in [6.07, 6.45) is 3.60. The van der Waals surface area contributed by atoms with Crippen molar-refractivity contribution in [3.63, 3.8) is 0 Å². The van der Waals surface area contributed by atoms with Gasteiger partial charge >= 0.3 is 0 Å². The number of benzene rings is 4. The summed E-state index contributed by atoms with van der Waals surface area (Å²) in [5.74, 6) is 1.58. The Hall–Kier alpha value is -4.19. The molecule has 0 bridgehead atoms. The van der Waals surface area contributed by atoms with Gasteiger partial charge in [0.15, 0.2) is 0 Å². The minimum Gasteiger partial charge on any atom is -0.506 e. The first kappa shape index (κ1) is 31.7. The van der Waals surface area contributed by atoms with E-state index in [9.17, 15) is 9.90 Å². The van der Waals surface area contributed by atoms with Crippen LogP contribution in [0.3, 0.4) is 0 Å². The molecule has 4 aromatic carbocycles. The Labute approximate surface area is 256 Å². The van der Waals surface area contributed by atoms with Crippen molar-refractivity contribution in [1.29, 1.82) is 0 Å². The van der Waals surface area contributed by atoms with Gasteiger partial charge in [-0.3, -0.25) is 4.79 Å². The summed E-state index contributed by atoms with van der Waals surface area (Å²) in [6, 6.07) is 22.6. The van der Waals surface area contributed by atoms with E-state index < -0.39 is 0 Å². The highest BCUT2D eigenvalue weighted by Crippen LogP contribution is 2.39. The molecule has 0 aliphatic rings. The minimum atomic E-state index is -0.354. The van der Waals surface area contributed by atoms with Crippen molar-refractivity contribution in [2.24, 2.45) is 0 Å². The topological polar surface area (TPSA) is 93.8 Å². The van der Waals surface area contributed by atoms with Gasteiger partial charge in [-0.05, 0) is 78.5 Å². The fourth-order valence-corrected chi connectivity index (χ4v) is 4.95. The lowest BCUT2D eigenvalue weighted by Gasteiger charge is -2.30. The smallest absolute Gasteiger partial charge is 0.255 e. The van der Waals surface area contributed by atoms with Gasteiger partial charge in [-0.1, -0.05) is 77.9 Å². The summed E-state index contributed by atoms with van der Waals surface area (Å²) >= 11 is 0. The van der Waals surface area contributed by atoms with Crippen LogP contribution in [0.2, 0.25) is 0 Å². The van der Waals surface area contributed by atoms with Crippen molar-refractivity contribution < 1.29 is 19.4 Å². The molecule has 0 aliphatic carbocycles. The Morgan fingerprint density at radius 3 is 2.19 bits per heavy atom. The first-order chi connectivity index (χ1) is 20.5.